The Morgan fingerprint density at radius 1 is 0.638 bits per heavy atom. The van der Waals surface area contributed by atoms with Crippen LogP contribution in [0.1, 0.15) is 77.0 Å². The first-order valence-corrected chi connectivity index (χ1v) is 27.5. The zero-order chi connectivity index (χ0) is 47.5. The van der Waals surface area contributed by atoms with E-state index >= 15 is 0 Å². The van der Waals surface area contributed by atoms with E-state index in [1.54, 1.807) is 0 Å². The molecule has 0 aliphatic heterocycles. The number of para-hydroxylation sites is 2. The molecule has 0 N–H and O–H groups in total. The summed E-state index contributed by atoms with van der Waals surface area (Å²) in [7, 11) is -1.25. The molecule has 0 atom stereocenters. The maximum Gasteiger partial charge on any atom is 0.121 e. The monoisotopic (exact) mass is 1090 g/mol. The summed E-state index contributed by atoms with van der Waals surface area (Å²) in [5.74, 6) is 1.38. The first-order valence-electron chi connectivity index (χ1n) is 24.0. The van der Waals surface area contributed by atoms with Crippen molar-refractivity contribution < 1.29 is 24.5 Å². The molecule has 0 amide bonds. The van der Waals surface area contributed by atoms with Gasteiger partial charge in [0.25, 0.3) is 0 Å². The third-order valence-corrected chi connectivity index (χ3v) is 15.4. The number of aromatic nitrogens is 3. The van der Waals surface area contributed by atoms with Gasteiger partial charge in [-0.25, -0.2) is 0 Å². The van der Waals surface area contributed by atoms with Gasteiger partial charge in [-0.05, 0) is 109 Å². The minimum atomic E-state index is -1.25. The van der Waals surface area contributed by atoms with Gasteiger partial charge >= 0.3 is 0 Å². The quantitative estimate of drug-likeness (QED) is 0.0907. The van der Waals surface area contributed by atoms with Crippen LogP contribution in [-0.2, 0) is 25.5 Å². The first-order chi connectivity index (χ1) is 32.7. The molecule has 11 rings (SSSR count). The first kappa shape index (κ1) is 47.6. The third-order valence-electron chi connectivity index (χ3n) is 13.4. The van der Waals surface area contributed by atoms with Crippen molar-refractivity contribution in [1.82, 2.24) is 14.5 Å². The van der Waals surface area contributed by atoms with Crippen LogP contribution in [0.25, 0.3) is 94.0 Å². The maximum atomic E-state index is 7.07. The van der Waals surface area contributed by atoms with E-state index in [1.165, 1.54) is 60.2 Å². The fraction of sp³-hybridized carbons (Fsp3) is 0.206. The topological polar surface area (TPSA) is 43.9 Å². The number of benzene rings is 8. The summed E-state index contributed by atoms with van der Waals surface area (Å²) in [4.78, 5) is 9.83. The van der Waals surface area contributed by atoms with Crippen LogP contribution >= 0.6 is 0 Å². The third kappa shape index (κ3) is 9.03. The van der Waals surface area contributed by atoms with E-state index < -0.39 is 8.07 Å². The number of imidazole rings is 1. The molecular weight excluding hydrogens is 1040 g/mol. The molecule has 0 bridgehead atoms. The van der Waals surface area contributed by atoms with Gasteiger partial charge in [0.15, 0.2) is 0 Å². The van der Waals surface area contributed by atoms with Gasteiger partial charge in [-0.3, -0.25) is 4.98 Å². The predicted molar refractivity (Wildman–Crippen MR) is 291 cm³/mol. The summed E-state index contributed by atoms with van der Waals surface area (Å²) in [5, 5.41) is 8.56. The SMILES string of the molecule is CC(C)c1cc(-c2ccccc2)cc(C(C)C)c1-n1c(-c2[c-]cc(C(C)(C)C)c3c2oc2cc4c(ccc5ccccc54)cc23)nc2ccccc21.C[Si](C)(C)c1ccnc(-c2[c-]cccc2)c1.[Ir]. The van der Waals surface area contributed by atoms with Gasteiger partial charge in [0.1, 0.15) is 5.58 Å². The molecule has 0 spiro atoms. The summed E-state index contributed by atoms with van der Waals surface area (Å²) < 4.78 is 9.46. The summed E-state index contributed by atoms with van der Waals surface area (Å²) in [6.45, 7) is 23.1. The van der Waals surface area contributed by atoms with E-state index in [1.807, 2.05) is 24.4 Å². The second-order valence-electron chi connectivity index (χ2n) is 20.9. The van der Waals surface area contributed by atoms with E-state index in [0.29, 0.717) is 0 Å². The van der Waals surface area contributed by atoms with Crippen LogP contribution in [0.3, 0.4) is 0 Å². The van der Waals surface area contributed by atoms with E-state index in [2.05, 4.69) is 229 Å². The van der Waals surface area contributed by atoms with E-state index in [-0.39, 0.29) is 37.4 Å². The van der Waals surface area contributed by atoms with Crippen molar-refractivity contribution in [1.29, 1.82) is 0 Å². The Hall–Kier alpha value is -6.43. The van der Waals surface area contributed by atoms with Gasteiger partial charge in [-0.15, -0.1) is 53.6 Å². The average molecular weight is 1090 g/mol. The summed E-state index contributed by atoms with van der Waals surface area (Å²) in [5.41, 5.74) is 14.0. The zero-order valence-corrected chi connectivity index (χ0v) is 44.7. The summed E-state index contributed by atoms with van der Waals surface area (Å²) in [6, 6.07) is 63.1. The molecule has 69 heavy (non-hydrogen) atoms. The van der Waals surface area contributed by atoms with Crippen LogP contribution in [0.4, 0.5) is 0 Å². The number of hydrogen-bond donors (Lipinski definition) is 0. The standard InChI is InChI=1S/C49H43N2O.C14H16NSi.Ir/c1-29(2)37-26-34(31-15-9-8-10-16-31)27-38(30(3)4)46(37)51-43-20-14-13-19-42(43)50-48(51)36-23-24-41(49(5,6)7)45-40-25-33-22-21-32-17-11-12-18-35(32)39(33)28-44(40)52-47(36)45;1-16(2,3)13-9-10-15-14(11-13)12-7-5-4-6-8-12;/h8-22,24-30H,1-7H3;4-7,9-11H,1-3H3;/q2*-1;. The number of fused-ring (bicyclic) bond motifs is 7. The molecule has 11 aromatic rings. The van der Waals surface area contributed by atoms with Crippen molar-refractivity contribution in [2.45, 2.75) is 85.4 Å². The largest absolute Gasteiger partial charge is 0.501 e. The van der Waals surface area contributed by atoms with Crippen molar-refractivity contribution in [2.24, 2.45) is 0 Å². The molecule has 6 heteroatoms. The number of nitrogens with zero attached hydrogens (tertiary/aromatic N) is 3. The Labute approximate surface area is 421 Å². The smallest absolute Gasteiger partial charge is 0.121 e. The van der Waals surface area contributed by atoms with E-state index in [0.717, 1.165) is 55.6 Å². The van der Waals surface area contributed by atoms with Crippen LogP contribution in [-0.4, -0.2) is 22.6 Å². The Morgan fingerprint density at radius 3 is 2.01 bits per heavy atom. The van der Waals surface area contributed by atoms with Gasteiger partial charge in [-0.1, -0.05) is 169 Å². The minimum absolute atomic E-state index is 0. The number of furan rings is 1. The van der Waals surface area contributed by atoms with Crippen molar-refractivity contribution in [2.75, 3.05) is 0 Å². The molecule has 0 fully saturated rings. The molecule has 3 aromatic heterocycles. The molecule has 347 valence electrons. The molecule has 4 nitrogen and oxygen atoms in total. The van der Waals surface area contributed by atoms with Crippen molar-refractivity contribution in [3.05, 3.63) is 193 Å². The number of rotatable bonds is 7. The Kier molecular flexibility index (Phi) is 13.0. The van der Waals surface area contributed by atoms with Crippen molar-refractivity contribution in [3.8, 4) is 39.5 Å². The summed E-state index contributed by atoms with van der Waals surface area (Å²) in [6.07, 6.45) is 1.91. The predicted octanol–water partition coefficient (Wildman–Crippen LogP) is 17.0. The second-order valence-corrected chi connectivity index (χ2v) is 26.0. The van der Waals surface area contributed by atoms with Crippen LogP contribution < -0.4 is 5.19 Å². The molecule has 0 unspecified atom stereocenters. The summed E-state index contributed by atoms with van der Waals surface area (Å²) >= 11 is 0. The van der Waals surface area contributed by atoms with Gasteiger partial charge in [0.05, 0.1) is 30.5 Å². The Morgan fingerprint density at radius 2 is 1.32 bits per heavy atom. The fourth-order valence-corrected chi connectivity index (χ4v) is 10.9. The van der Waals surface area contributed by atoms with Crippen LogP contribution in [0.2, 0.25) is 19.6 Å². The van der Waals surface area contributed by atoms with Gasteiger partial charge in [-0.2, -0.15) is 0 Å². The van der Waals surface area contributed by atoms with E-state index in [9.17, 15) is 0 Å². The molecule has 1 radical (unpaired) electrons. The molecule has 8 aromatic carbocycles. The maximum absolute atomic E-state index is 7.07. The number of hydrogen-bond acceptors (Lipinski definition) is 3. The average Bonchev–Trinajstić information content (AvgIpc) is 3.91. The molecule has 0 aliphatic rings. The van der Waals surface area contributed by atoms with Crippen molar-refractivity contribution >= 4 is 67.8 Å². The van der Waals surface area contributed by atoms with Gasteiger partial charge in [0, 0.05) is 37.4 Å². The molecule has 0 saturated heterocycles. The zero-order valence-electron chi connectivity index (χ0n) is 41.3. The number of pyridine rings is 1. The molecule has 3 heterocycles. The Balaban J connectivity index is 0.000000296. The van der Waals surface area contributed by atoms with Crippen molar-refractivity contribution in [3.63, 3.8) is 0 Å². The van der Waals surface area contributed by atoms with Gasteiger partial charge < -0.3 is 14.0 Å². The van der Waals surface area contributed by atoms with Crippen LogP contribution in [0.15, 0.2) is 168 Å². The Bertz CT molecular complexity index is 3620. The normalized spacial score (nSPS) is 12.1. The second kappa shape index (κ2) is 18.8. The molecule has 0 saturated carbocycles. The van der Waals surface area contributed by atoms with E-state index in [4.69, 9.17) is 9.40 Å². The van der Waals surface area contributed by atoms with Crippen LogP contribution in [0, 0.1) is 12.1 Å². The molecule has 0 aliphatic carbocycles. The molecular formula is C63H59IrN3OSi-2. The van der Waals surface area contributed by atoms with Gasteiger partial charge in [0.2, 0.25) is 0 Å². The fourth-order valence-electron chi connectivity index (χ4n) is 9.71. The minimum Gasteiger partial charge on any atom is -0.501 e. The van der Waals surface area contributed by atoms with Crippen LogP contribution in [0.5, 0.6) is 0 Å².